The Kier molecular flexibility index (Phi) is 7.70. The summed E-state index contributed by atoms with van der Waals surface area (Å²) in [6.45, 7) is 12.5. The zero-order valence-electron chi connectivity index (χ0n) is 14.7. The maximum atomic E-state index is 14.2. The SMILES string of the molecule is C=CCN(CCNC(=O)OC(C)(C)C)C(C)c1cccc(Cl)c1F. The van der Waals surface area contributed by atoms with Crippen LogP contribution in [0.3, 0.4) is 0 Å². The van der Waals surface area contributed by atoms with Crippen molar-refractivity contribution in [1.29, 1.82) is 0 Å². The molecule has 134 valence electrons. The fourth-order valence-corrected chi connectivity index (χ4v) is 2.45. The van der Waals surface area contributed by atoms with Crippen LogP contribution in [0.15, 0.2) is 30.9 Å². The number of hydrogen-bond donors (Lipinski definition) is 1. The first kappa shape index (κ1) is 20.5. The number of rotatable bonds is 7. The molecule has 0 fully saturated rings. The van der Waals surface area contributed by atoms with E-state index >= 15 is 0 Å². The summed E-state index contributed by atoms with van der Waals surface area (Å²) in [7, 11) is 0. The minimum absolute atomic E-state index is 0.102. The van der Waals surface area contributed by atoms with E-state index in [9.17, 15) is 9.18 Å². The lowest BCUT2D eigenvalue weighted by atomic mass is 10.1. The van der Waals surface area contributed by atoms with E-state index in [-0.39, 0.29) is 11.1 Å². The molecule has 1 amide bonds. The van der Waals surface area contributed by atoms with Crippen molar-refractivity contribution in [2.24, 2.45) is 0 Å². The van der Waals surface area contributed by atoms with Crippen LogP contribution in [0, 0.1) is 5.82 Å². The number of nitrogens with one attached hydrogen (secondary N) is 1. The van der Waals surface area contributed by atoms with Crippen molar-refractivity contribution >= 4 is 17.7 Å². The second-order valence-corrected chi connectivity index (χ2v) is 6.94. The van der Waals surface area contributed by atoms with Crippen molar-refractivity contribution in [3.63, 3.8) is 0 Å². The highest BCUT2D eigenvalue weighted by Crippen LogP contribution is 2.26. The lowest BCUT2D eigenvalue weighted by Gasteiger charge is -2.29. The molecule has 0 bridgehead atoms. The van der Waals surface area contributed by atoms with Gasteiger partial charge in [-0.05, 0) is 33.8 Å². The van der Waals surface area contributed by atoms with Crippen molar-refractivity contribution in [3.05, 3.63) is 47.3 Å². The maximum absolute atomic E-state index is 14.2. The van der Waals surface area contributed by atoms with Crippen molar-refractivity contribution in [3.8, 4) is 0 Å². The minimum atomic E-state index is -0.540. The highest BCUT2D eigenvalue weighted by Gasteiger charge is 2.20. The first-order chi connectivity index (χ1) is 11.2. The quantitative estimate of drug-likeness (QED) is 0.728. The molecule has 1 aromatic rings. The van der Waals surface area contributed by atoms with Crippen LogP contribution in [0.2, 0.25) is 5.02 Å². The van der Waals surface area contributed by atoms with Crippen LogP contribution in [0.25, 0.3) is 0 Å². The standard InChI is InChI=1S/C18H26ClFN2O2/c1-6-11-22(12-10-21-17(23)24-18(3,4)5)13(2)14-8-7-9-15(19)16(14)20/h6-9,13H,1,10-12H2,2-5H3,(H,21,23). The number of ether oxygens (including phenoxy) is 1. The Morgan fingerprint density at radius 3 is 2.75 bits per heavy atom. The second-order valence-electron chi connectivity index (χ2n) is 6.53. The molecule has 1 unspecified atom stereocenters. The number of hydrogen-bond acceptors (Lipinski definition) is 3. The number of halogens is 2. The largest absolute Gasteiger partial charge is 0.444 e. The highest BCUT2D eigenvalue weighted by molar-refractivity contribution is 6.30. The summed E-state index contributed by atoms with van der Waals surface area (Å²) in [5.41, 5.74) is -0.0242. The molecule has 0 aliphatic heterocycles. The molecule has 0 saturated heterocycles. The number of carbonyl (C=O) groups excluding carboxylic acids is 1. The van der Waals surface area contributed by atoms with Crippen molar-refractivity contribution in [2.75, 3.05) is 19.6 Å². The zero-order chi connectivity index (χ0) is 18.3. The summed E-state index contributed by atoms with van der Waals surface area (Å²) < 4.78 is 19.4. The van der Waals surface area contributed by atoms with Gasteiger partial charge in [0.25, 0.3) is 0 Å². The molecule has 1 aromatic carbocycles. The summed E-state index contributed by atoms with van der Waals surface area (Å²) in [4.78, 5) is 13.7. The highest BCUT2D eigenvalue weighted by atomic mass is 35.5. The molecule has 0 saturated carbocycles. The van der Waals surface area contributed by atoms with Crippen LogP contribution in [0.1, 0.15) is 39.3 Å². The van der Waals surface area contributed by atoms with E-state index in [4.69, 9.17) is 16.3 Å². The summed E-state index contributed by atoms with van der Waals surface area (Å²) in [6, 6.07) is 4.75. The van der Waals surface area contributed by atoms with Gasteiger partial charge in [-0.15, -0.1) is 6.58 Å². The third-order valence-electron chi connectivity index (χ3n) is 3.41. The minimum Gasteiger partial charge on any atom is -0.444 e. The number of nitrogens with zero attached hydrogens (tertiary/aromatic N) is 1. The lowest BCUT2D eigenvalue weighted by Crippen LogP contribution is -2.39. The van der Waals surface area contributed by atoms with Gasteiger partial charge in [0.2, 0.25) is 0 Å². The van der Waals surface area contributed by atoms with E-state index in [1.165, 1.54) is 6.07 Å². The molecule has 1 rings (SSSR count). The Morgan fingerprint density at radius 2 is 2.17 bits per heavy atom. The smallest absolute Gasteiger partial charge is 0.407 e. The second kappa shape index (κ2) is 9.04. The Bertz CT molecular complexity index is 573. The normalized spacial score (nSPS) is 12.8. The zero-order valence-corrected chi connectivity index (χ0v) is 15.5. The van der Waals surface area contributed by atoms with Gasteiger partial charge < -0.3 is 10.1 Å². The molecule has 0 aliphatic carbocycles. The molecule has 0 heterocycles. The molecular weight excluding hydrogens is 331 g/mol. The van der Waals surface area contributed by atoms with Gasteiger partial charge in [-0.2, -0.15) is 0 Å². The lowest BCUT2D eigenvalue weighted by molar-refractivity contribution is 0.0520. The average Bonchev–Trinajstić information content (AvgIpc) is 2.46. The molecule has 24 heavy (non-hydrogen) atoms. The maximum Gasteiger partial charge on any atom is 0.407 e. The molecule has 0 radical (unpaired) electrons. The van der Waals surface area contributed by atoms with Crippen LogP contribution < -0.4 is 5.32 Å². The third-order valence-corrected chi connectivity index (χ3v) is 3.70. The molecule has 1 atom stereocenters. The van der Waals surface area contributed by atoms with E-state index in [0.29, 0.717) is 25.2 Å². The summed E-state index contributed by atoms with van der Waals surface area (Å²) in [5, 5.41) is 2.81. The van der Waals surface area contributed by atoms with E-state index in [2.05, 4.69) is 11.9 Å². The van der Waals surface area contributed by atoms with E-state index in [1.54, 1.807) is 39.0 Å². The first-order valence-electron chi connectivity index (χ1n) is 7.91. The number of amides is 1. The van der Waals surface area contributed by atoms with Crippen LogP contribution in [0.4, 0.5) is 9.18 Å². The summed E-state index contributed by atoms with van der Waals surface area (Å²) >= 11 is 5.86. The molecular formula is C18H26ClFN2O2. The third kappa shape index (κ3) is 6.49. The predicted molar refractivity (Wildman–Crippen MR) is 95.8 cm³/mol. The fourth-order valence-electron chi connectivity index (χ4n) is 2.26. The van der Waals surface area contributed by atoms with Gasteiger partial charge in [0.1, 0.15) is 11.4 Å². The first-order valence-corrected chi connectivity index (χ1v) is 8.29. The van der Waals surface area contributed by atoms with Crippen molar-refractivity contribution in [1.82, 2.24) is 10.2 Å². The Labute approximate surface area is 148 Å². The molecule has 4 nitrogen and oxygen atoms in total. The van der Waals surface area contributed by atoms with Crippen LogP contribution >= 0.6 is 11.6 Å². The Balaban J connectivity index is 2.68. The Hall–Kier alpha value is -1.59. The van der Waals surface area contributed by atoms with Gasteiger partial charge in [0.05, 0.1) is 5.02 Å². The van der Waals surface area contributed by atoms with Gasteiger partial charge in [-0.1, -0.05) is 29.8 Å². The van der Waals surface area contributed by atoms with E-state index in [0.717, 1.165) is 0 Å². The number of carbonyl (C=O) groups is 1. The van der Waals surface area contributed by atoms with Crippen LogP contribution in [-0.2, 0) is 4.74 Å². The number of alkyl carbamates (subject to hydrolysis) is 1. The van der Waals surface area contributed by atoms with Gasteiger partial charge >= 0.3 is 6.09 Å². The molecule has 6 heteroatoms. The monoisotopic (exact) mass is 356 g/mol. The predicted octanol–water partition coefficient (Wildman–Crippen LogP) is 4.55. The molecule has 0 aliphatic rings. The van der Waals surface area contributed by atoms with Crippen LogP contribution in [0.5, 0.6) is 0 Å². The summed E-state index contributed by atoms with van der Waals surface area (Å²) in [5.74, 6) is -0.416. The summed E-state index contributed by atoms with van der Waals surface area (Å²) in [6.07, 6.45) is 1.27. The van der Waals surface area contributed by atoms with Gasteiger partial charge in [-0.3, -0.25) is 4.90 Å². The fraction of sp³-hybridized carbons (Fsp3) is 0.500. The van der Waals surface area contributed by atoms with Crippen molar-refractivity contribution < 1.29 is 13.9 Å². The molecule has 0 aromatic heterocycles. The van der Waals surface area contributed by atoms with E-state index < -0.39 is 17.5 Å². The molecule has 0 spiro atoms. The molecule has 1 N–H and O–H groups in total. The number of benzene rings is 1. The average molecular weight is 357 g/mol. The topological polar surface area (TPSA) is 41.6 Å². The van der Waals surface area contributed by atoms with Gasteiger partial charge in [-0.25, -0.2) is 9.18 Å². The Morgan fingerprint density at radius 1 is 1.50 bits per heavy atom. The van der Waals surface area contributed by atoms with Crippen LogP contribution in [-0.4, -0.2) is 36.2 Å². The van der Waals surface area contributed by atoms with Gasteiger partial charge in [0, 0.05) is 31.2 Å². The van der Waals surface area contributed by atoms with Crippen molar-refractivity contribution in [2.45, 2.75) is 39.3 Å². The van der Waals surface area contributed by atoms with Gasteiger partial charge in [0.15, 0.2) is 0 Å². The van der Waals surface area contributed by atoms with E-state index in [1.807, 2.05) is 11.8 Å².